The molecular weight excluding hydrogens is 342 g/mol. The number of halogens is 1. The van der Waals surface area contributed by atoms with Crippen molar-refractivity contribution in [2.75, 3.05) is 26.6 Å². The largest absolute Gasteiger partial charge is 0.497 e. The second-order valence-corrected chi connectivity index (χ2v) is 5.68. The molecule has 0 aliphatic carbocycles. The number of carbonyl (C=O) groups excluding carboxylic acids is 1. The van der Waals surface area contributed by atoms with Crippen molar-refractivity contribution >= 4 is 29.3 Å². The number of hydrogen-bond donors (Lipinski definition) is 1. The average Bonchev–Trinajstić information content (AvgIpc) is 2.62. The van der Waals surface area contributed by atoms with Gasteiger partial charge in [-0.1, -0.05) is 11.6 Å². The standard InChI is InChI=1S/C19H20ClNO4/c1-12-7-17(18(25-4)11-16(12)20)21-19(22)6-5-13-8-14(23-2)10-15(9-13)24-3/h5-11H,1-4H3,(H,21,22)/b6-5+. The zero-order valence-corrected chi connectivity index (χ0v) is 15.3. The smallest absolute Gasteiger partial charge is 0.248 e. The number of rotatable bonds is 6. The molecule has 0 spiro atoms. The van der Waals surface area contributed by atoms with Crippen LogP contribution in [0.5, 0.6) is 17.2 Å². The highest BCUT2D eigenvalue weighted by molar-refractivity contribution is 6.31. The molecule has 0 saturated carbocycles. The number of amides is 1. The van der Waals surface area contributed by atoms with Crippen molar-refractivity contribution in [3.63, 3.8) is 0 Å². The highest BCUT2D eigenvalue weighted by atomic mass is 35.5. The molecule has 25 heavy (non-hydrogen) atoms. The Hall–Kier alpha value is -2.66. The van der Waals surface area contributed by atoms with Crippen molar-refractivity contribution in [2.24, 2.45) is 0 Å². The molecule has 0 atom stereocenters. The lowest BCUT2D eigenvalue weighted by atomic mass is 10.1. The van der Waals surface area contributed by atoms with Crippen LogP contribution in [-0.4, -0.2) is 27.2 Å². The van der Waals surface area contributed by atoms with E-state index in [-0.39, 0.29) is 5.91 Å². The van der Waals surface area contributed by atoms with Crippen LogP contribution < -0.4 is 19.5 Å². The van der Waals surface area contributed by atoms with Gasteiger partial charge in [-0.25, -0.2) is 0 Å². The van der Waals surface area contributed by atoms with Gasteiger partial charge in [0.05, 0.1) is 27.0 Å². The Bertz CT molecular complexity index is 780. The second kappa shape index (κ2) is 8.44. The lowest BCUT2D eigenvalue weighted by Gasteiger charge is -2.11. The number of aryl methyl sites for hydroxylation is 1. The van der Waals surface area contributed by atoms with E-state index in [0.717, 1.165) is 11.1 Å². The average molecular weight is 362 g/mol. The van der Waals surface area contributed by atoms with Crippen molar-refractivity contribution in [1.29, 1.82) is 0 Å². The van der Waals surface area contributed by atoms with Gasteiger partial charge in [0, 0.05) is 23.2 Å². The second-order valence-electron chi connectivity index (χ2n) is 5.27. The first kappa shape index (κ1) is 18.7. The minimum atomic E-state index is -0.290. The summed E-state index contributed by atoms with van der Waals surface area (Å²) in [5.41, 5.74) is 2.19. The Kier molecular flexibility index (Phi) is 6.31. The van der Waals surface area contributed by atoms with E-state index >= 15 is 0 Å². The SMILES string of the molecule is COc1cc(/C=C/C(=O)Nc2cc(C)c(Cl)cc2OC)cc(OC)c1. The molecule has 0 saturated heterocycles. The van der Waals surface area contributed by atoms with Crippen LogP contribution in [0, 0.1) is 6.92 Å². The van der Waals surface area contributed by atoms with Crippen LogP contribution >= 0.6 is 11.6 Å². The molecule has 0 bridgehead atoms. The molecule has 0 aliphatic rings. The molecule has 0 heterocycles. The number of nitrogens with one attached hydrogen (secondary N) is 1. The molecule has 2 aromatic rings. The Morgan fingerprint density at radius 2 is 1.64 bits per heavy atom. The molecule has 6 heteroatoms. The van der Waals surface area contributed by atoms with Gasteiger partial charge < -0.3 is 19.5 Å². The number of benzene rings is 2. The third-order valence-corrected chi connectivity index (χ3v) is 3.95. The molecule has 1 amide bonds. The van der Waals surface area contributed by atoms with Crippen LogP contribution in [0.2, 0.25) is 5.02 Å². The molecule has 0 fully saturated rings. The van der Waals surface area contributed by atoms with Gasteiger partial charge in [0.2, 0.25) is 5.91 Å². The van der Waals surface area contributed by atoms with Crippen LogP contribution in [0.15, 0.2) is 36.4 Å². The first-order valence-electron chi connectivity index (χ1n) is 7.53. The third kappa shape index (κ3) is 4.90. The van der Waals surface area contributed by atoms with Gasteiger partial charge in [-0.05, 0) is 42.3 Å². The number of methoxy groups -OCH3 is 3. The molecule has 0 aromatic heterocycles. The summed E-state index contributed by atoms with van der Waals surface area (Å²) in [6.45, 7) is 1.86. The van der Waals surface area contributed by atoms with Crippen LogP contribution in [0.4, 0.5) is 5.69 Å². The fourth-order valence-electron chi connectivity index (χ4n) is 2.20. The lowest BCUT2D eigenvalue weighted by molar-refractivity contribution is -0.111. The van der Waals surface area contributed by atoms with E-state index in [2.05, 4.69) is 5.32 Å². The van der Waals surface area contributed by atoms with E-state index in [4.69, 9.17) is 25.8 Å². The van der Waals surface area contributed by atoms with Gasteiger partial charge in [-0.15, -0.1) is 0 Å². The summed E-state index contributed by atoms with van der Waals surface area (Å²) in [6.07, 6.45) is 3.10. The zero-order valence-electron chi connectivity index (χ0n) is 14.6. The van der Waals surface area contributed by atoms with Crippen molar-refractivity contribution in [2.45, 2.75) is 6.92 Å². The minimum absolute atomic E-state index is 0.290. The molecule has 2 aromatic carbocycles. The summed E-state index contributed by atoms with van der Waals surface area (Å²) >= 11 is 6.07. The van der Waals surface area contributed by atoms with Gasteiger partial charge in [0.25, 0.3) is 0 Å². The van der Waals surface area contributed by atoms with Crippen LogP contribution in [0.25, 0.3) is 6.08 Å². The Morgan fingerprint density at radius 1 is 1.00 bits per heavy atom. The number of anilines is 1. The number of carbonyl (C=O) groups is 1. The van der Waals surface area contributed by atoms with Crippen molar-refractivity contribution < 1.29 is 19.0 Å². The normalized spacial score (nSPS) is 10.6. The van der Waals surface area contributed by atoms with E-state index in [1.165, 1.54) is 13.2 Å². The molecule has 0 aliphatic heterocycles. The maximum atomic E-state index is 12.2. The van der Waals surface area contributed by atoms with Gasteiger partial charge in [-0.3, -0.25) is 4.79 Å². The number of ether oxygens (including phenoxy) is 3. The molecule has 0 radical (unpaired) electrons. The third-order valence-electron chi connectivity index (χ3n) is 3.54. The molecule has 1 N–H and O–H groups in total. The molecule has 0 unspecified atom stereocenters. The topological polar surface area (TPSA) is 56.8 Å². The molecular formula is C19H20ClNO4. The van der Waals surface area contributed by atoms with Crippen LogP contribution in [-0.2, 0) is 4.79 Å². The predicted octanol–water partition coefficient (Wildman–Crippen LogP) is 4.33. The molecule has 2 rings (SSSR count). The summed E-state index contributed by atoms with van der Waals surface area (Å²) in [5.74, 6) is 1.51. The highest BCUT2D eigenvalue weighted by Crippen LogP contribution is 2.31. The van der Waals surface area contributed by atoms with E-state index in [0.29, 0.717) is 28.0 Å². The van der Waals surface area contributed by atoms with Crippen molar-refractivity contribution in [1.82, 2.24) is 0 Å². The molecule has 132 valence electrons. The zero-order chi connectivity index (χ0) is 18.4. The van der Waals surface area contributed by atoms with Crippen molar-refractivity contribution in [3.8, 4) is 17.2 Å². The Balaban J connectivity index is 2.18. The van der Waals surface area contributed by atoms with Gasteiger partial charge in [-0.2, -0.15) is 0 Å². The van der Waals surface area contributed by atoms with E-state index in [1.807, 2.05) is 6.92 Å². The Morgan fingerprint density at radius 3 is 2.20 bits per heavy atom. The van der Waals surface area contributed by atoms with Crippen molar-refractivity contribution in [3.05, 3.63) is 52.6 Å². The van der Waals surface area contributed by atoms with E-state index in [9.17, 15) is 4.79 Å². The van der Waals surface area contributed by atoms with Crippen LogP contribution in [0.3, 0.4) is 0 Å². The van der Waals surface area contributed by atoms with E-state index < -0.39 is 0 Å². The highest BCUT2D eigenvalue weighted by Gasteiger charge is 2.09. The maximum Gasteiger partial charge on any atom is 0.248 e. The summed E-state index contributed by atoms with van der Waals surface area (Å²) < 4.78 is 15.7. The van der Waals surface area contributed by atoms with Gasteiger partial charge in [0.15, 0.2) is 0 Å². The minimum Gasteiger partial charge on any atom is -0.497 e. The maximum absolute atomic E-state index is 12.2. The van der Waals surface area contributed by atoms with Crippen LogP contribution in [0.1, 0.15) is 11.1 Å². The summed E-state index contributed by atoms with van der Waals surface area (Å²) in [6, 6.07) is 8.81. The predicted molar refractivity (Wildman–Crippen MR) is 100.0 cm³/mol. The fourth-order valence-corrected chi connectivity index (χ4v) is 2.36. The summed E-state index contributed by atoms with van der Waals surface area (Å²) in [4.78, 5) is 12.2. The summed E-state index contributed by atoms with van der Waals surface area (Å²) in [5, 5.41) is 3.36. The first-order valence-corrected chi connectivity index (χ1v) is 7.91. The monoisotopic (exact) mass is 361 g/mol. The van der Waals surface area contributed by atoms with Gasteiger partial charge >= 0.3 is 0 Å². The fraction of sp³-hybridized carbons (Fsp3) is 0.211. The Labute approximate surface area is 152 Å². The molecule has 5 nitrogen and oxygen atoms in total. The quantitative estimate of drug-likeness (QED) is 0.778. The first-order chi connectivity index (χ1) is 12.0. The van der Waals surface area contributed by atoms with Gasteiger partial charge in [0.1, 0.15) is 17.2 Å². The number of hydrogen-bond acceptors (Lipinski definition) is 4. The van der Waals surface area contributed by atoms with E-state index in [1.54, 1.807) is 50.6 Å². The lowest BCUT2D eigenvalue weighted by Crippen LogP contribution is -2.09. The summed E-state index contributed by atoms with van der Waals surface area (Å²) in [7, 11) is 4.67.